The van der Waals surface area contributed by atoms with Gasteiger partial charge in [0, 0.05) is 24.3 Å². The van der Waals surface area contributed by atoms with Crippen LogP contribution in [0.1, 0.15) is 30.9 Å². The maximum atomic E-state index is 5.81. The molecule has 1 aliphatic rings. The van der Waals surface area contributed by atoms with Gasteiger partial charge in [0.1, 0.15) is 4.99 Å². The Kier molecular flexibility index (Phi) is 3.67. The van der Waals surface area contributed by atoms with Crippen LogP contribution in [0.2, 0.25) is 0 Å². The summed E-state index contributed by atoms with van der Waals surface area (Å²) in [4.78, 5) is 2.92. The molecule has 0 aromatic heterocycles. The van der Waals surface area contributed by atoms with Gasteiger partial charge in [0.25, 0.3) is 0 Å². The van der Waals surface area contributed by atoms with E-state index in [1.807, 2.05) is 6.07 Å². The predicted octanol–water partition coefficient (Wildman–Crippen LogP) is 2.87. The number of hydrogen-bond donors (Lipinski definition) is 1. The molecular formula is C14H20N2S. The summed E-state index contributed by atoms with van der Waals surface area (Å²) >= 11 is 5.14. The zero-order valence-corrected chi connectivity index (χ0v) is 11.4. The summed E-state index contributed by atoms with van der Waals surface area (Å²) in [5.74, 6) is 0.753. The third-order valence-electron chi connectivity index (χ3n) is 3.42. The number of rotatable bonds is 2. The molecule has 0 radical (unpaired) electrons. The normalized spacial score (nSPS) is 20.4. The molecule has 1 unspecified atom stereocenters. The first-order valence-corrected chi connectivity index (χ1v) is 6.64. The van der Waals surface area contributed by atoms with Gasteiger partial charge >= 0.3 is 0 Å². The van der Waals surface area contributed by atoms with Crippen LogP contribution in [0, 0.1) is 12.8 Å². The van der Waals surface area contributed by atoms with E-state index in [-0.39, 0.29) is 0 Å². The van der Waals surface area contributed by atoms with Crippen LogP contribution >= 0.6 is 12.2 Å². The quantitative estimate of drug-likeness (QED) is 0.816. The third kappa shape index (κ3) is 2.78. The molecule has 3 heteroatoms. The summed E-state index contributed by atoms with van der Waals surface area (Å²) in [5, 5.41) is 0. The largest absolute Gasteiger partial charge is 0.389 e. The van der Waals surface area contributed by atoms with Crippen LogP contribution < -0.4 is 10.6 Å². The molecule has 0 aliphatic carbocycles. The lowest BCUT2D eigenvalue weighted by atomic mass is 9.98. The Morgan fingerprint density at radius 2 is 2.24 bits per heavy atom. The second-order valence-corrected chi connectivity index (χ2v) is 5.52. The molecule has 1 atom stereocenters. The van der Waals surface area contributed by atoms with Crippen molar-refractivity contribution in [3.63, 3.8) is 0 Å². The van der Waals surface area contributed by atoms with Gasteiger partial charge in [0.15, 0.2) is 0 Å². The number of benzene rings is 1. The molecule has 0 amide bonds. The molecule has 1 aliphatic heterocycles. The van der Waals surface area contributed by atoms with Gasteiger partial charge in [0.2, 0.25) is 0 Å². The smallest absolute Gasteiger partial charge is 0.106 e. The highest BCUT2D eigenvalue weighted by molar-refractivity contribution is 7.80. The fraction of sp³-hybridized carbons (Fsp3) is 0.500. The zero-order valence-electron chi connectivity index (χ0n) is 10.6. The van der Waals surface area contributed by atoms with Gasteiger partial charge in [-0.3, -0.25) is 0 Å². The second-order valence-electron chi connectivity index (χ2n) is 5.08. The maximum Gasteiger partial charge on any atom is 0.106 e. The summed E-state index contributed by atoms with van der Waals surface area (Å²) in [7, 11) is 0. The van der Waals surface area contributed by atoms with Crippen molar-refractivity contribution in [3.8, 4) is 0 Å². The molecule has 1 aromatic rings. The van der Waals surface area contributed by atoms with Crippen LogP contribution in [-0.2, 0) is 0 Å². The Balaban J connectivity index is 2.35. The Morgan fingerprint density at radius 3 is 2.88 bits per heavy atom. The Labute approximate surface area is 109 Å². The maximum absolute atomic E-state index is 5.81. The molecule has 1 heterocycles. The van der Waals surface area contributed by atoms with Crippen molar-refractivity contribution in [1.82, 2.24) is 0 Å². The predicted molar refractivity (Wildman–Crippen MR) is 77.7 cm³/mol. The highest BCUT2D eigenvalue weighted by Crippen LogP contribution is 2.27. The molecule has 2 nitrogen and oxygen atoms in total. The van der Waals surface area contributed by atoms with Gasteiger partial charge < -0.3 is 10.6 Å². The highest BCUT2D eigenvalue weighted by atomic mass is 32.1. The lowest BCUT2D eigenvalue weighted by Gasteiger charge is -2.34. The number of nitrogens with two attached hydrogens (primary N) is 1. The zero-order chi connectivity index (χ0) is 12.4. The van der Waals surface area contributed by atoms with Crippen LogP contribution in [0.3, 0.4) is 0 Å². The number of nitrogens with zero attached hydrogens (tertiary/aromatic N) is 1. The first kappa shape index (κ1) is 12.4. The van der Waals surface area contributed by atoms with Crippen molar-refractivity contribution in [2.24, 2.45) is 11.7 Å². The van der Waals surface area contributed by atoms with E-state index in [0.29, 0.717) is 4.99 Å². The Hall–Kier alpha value is -1.09. The van der Waals surface area contributed by atoms with E-state index < -0.39 is 0 Å². The lowest BCUT2D eigenvalue weighted by Crippen LogP contribution is -2.35. The molecule has 1 aromatic carbocycles. The minimum absolute atomic E-state index is 0.498. The molecule has 2 rings (SSSR count). The minimum Gasteiger partial charge on any atom is -0.389 e. The van der Waals surface area contributed by atoms with Crippen LogP contribution in [0.5, 0.6) is 0 Å². The van der Waals surface area contributed by atoms with Crippen LogP contribution in [0.15, 0.2) is 18.2 Å². The van der Waals surface area contributed by atoms with Crippen molar-refractivity contribution in [2.45, 2.75) is 26.7 Å². The number of anilines is 1. The van der Waals surface area contributed by atoms with Gasteiger partial charge in [-0.15, -0.1) is 0 Å². The lowest BCUT2D eigenvalue weighted by molar-refractivity contribution is 0.446. The summed E-state index contributed by atoms with van der Waals surface area (Å²) < 4.78 is 0. The number of thiocarbonyl (C=S) groups is 1. The number of aryl methyl sites for hydroxylation is 1. The minimum atomic E-state index is 0.498. The topological polar surface area (TPSA) is 29.3 Å². The first-order valence-electron chi connectivity index (χ1n) is 6.23. The van der Waals surface area contributed by atoms with Crippen LogP contribution in [0.4, 0.5) is 5.69 Å². The molecular weight excluding hydrogens is 228 g/mol. The summed E-state index contributed by atoms with van der Waals surface area (Å²) in [6, 6.07) is 6.32. The first-order chi connectivity index (χ1) is 8.08. The van der Waals surface area contributed by atoms with Crippen molar-refractivity contribution in [3.05, 3.63) is 29.3 Å². The molecule has 17 heavy (non-hydrogen) atoms. The van der Waals surface area contributed by atoms with E-state index in [2.05, 4.69) is 30.9 Å². The SMILES string of the molecule is Cc1ccc(C(N)=S)c(N2CCCC(C)C2)c1. The molecule has 0 saturated carbocycles. The molecule has 2 N–H and O–H groups in total. The summed E-state index contributed by atoms with van der Waals surface area (Å²) in [6.45, 7) is 6.64. The van der Waals surface area contributed by atoms with E-state index in [4.69, 9.17) is 18.0 Å². The highest BCUT2D eigenvalue weighted by Gasteiger charge is 2.19. The van der Waals surface area contributed by atoms with E-state index >= 15 is 0 Å². The van der Waals surface area contributed by atoms with Crippen molar-refractivity contribution < 1.29 is 0 Å². The average Bonchev–Trinajstić information content (AvgIpc) is 2.28. The molecule has 1 saturated heterocycles. The molecule has 1 fully saturated rings. The third-order valence-corrected chi connectivity index (χ3v) is 3.64. The van der Waals surface area contributed by atoms with E-state index in [9.17, 15) is 0 Å². The average molecular weight is 248 g/mol. The van der Waals surface area contributed by atoms with Crippen molar-refractivity contribution >= 4 is 22.9 Å². The molecule has 0 spiro atoms. The van der Waals surface area contributed by atoms with E-state index in [1.54, 1.807) is 0 Å². The van der Waals surface area contributed by atoms with E-state index in [1.165, 1.54) is 24.1 Å². The Morgan fingerprint density at radius 1 is 1.47 bits per heavy atom. The molecule has 92 valence electrons. The van der Waals surface area contributed by atoms with Gasteiger partial charge in [0.05, 0.1) is 0 Å². The summed E-state index contributed by atoms with van der Waals surface area (Å²) in [6.07, 6.45) is 2.58. The van der Waals surface area contributed by atoms with Gasteiger partial charge in [-0.2, -0.15) is 0 Å². The van der Waals surface area contributed by atoms with Gasteiger partial charge in [-0.05, 0) is 43.4 Å². The Bertz CT molecular complexity index is 428. The van der Waals surface area contributed by atoms with Gasteiger partial charge in [-0.25, -0.2) is 0 Å². The number of hydrogen-bond acceptors (Lipinski definition) is 2. The fourth-order valence-corrected chi connectivity index (χ4v) is 2.69. The van der Waals surface area contributed by atoms with E-state index in [0.717, 1.165) is 24.6 Å². The van der Waals surface area contributed by atoms with Crippen molar-refractivity contribution in [1.29, 1.82) is 0 Å². The number of piperidine rings is 1. The molecule has 0 bridgehead atoms. The monoisotopic (exact) mass is 248 g/mol. The van der Waals surface area contributed by atoms with Crippen LogP contribution in [-0.4, -0.2) is 18.1 Å². The fourth-order valence-electron chi connectivity index (χ4n) is 2.52. The van der Waals surface area contributed by atoms with Gasteiger partial charge in [-0.1, -0.05) is 25.2 Å². The summed E-state index contributed by atoms with van der Waals surface area (Å²) in [5.41, 5.74) is 9.30. The van der Waals surface area contributed by atoms with Crippen molar-refractivity contribution in [2.75, 3.05) is 18.0 Å². The second kappa shape index (κ2) is 5.05. The standard InChI is InChI=1S/C14H20N2S/c1-10-5-6-12(14(15)17)13(8-10)16-7-3-4-11(2)9-16/h5-6,8,11H,3-4,7,9H2,1-2H3,(H2,15,17). The van der Waals surface area contributed by atoms with Crippen LogP contribution in [0.25, 0.3) is 0 Å².